The van der Waals surface area contributed by atoms with Crippen LogP contribution in [0.5, 0.6) is 0 Å². The Kier molecular flexibility index (Phi) is 4.64. The van der Waals surface area contributed by atoms with Gasteiger partial charge in [0.25, 0.3) is 0 Å². The first-order valence-electron chi connectivity index (χ1n) is 6.02. The van der Waals surface area contributed by atoms with Gasteiger partial charge < -0.3 is 10.2 Å². The van der Waals surface area contributed by atoms with Gasteiger partial charge in [-0.2, -0.15) is 0 Å². The van der Waals surface area contributed by atoms with Crippen LogP contribution in [0.15, 0.2) is 24.3 Å². The van der Waals surface area contributed by atoms with Crippen LogP contribution in [0.1, 0.15) is 12.0 Å². The average molecular weight is 239 g/mol. The predicted molar refractivity (Wildman–Crippen MR) is 69.1 cm³/mol. The van der Waals surface area contributed by atoms with Crippen molar-refractivity contribution in [2.75, 3.05) is 32.7 Å². The normalized spacial score (nSPS) is 18.3. The molecule has 1 aromatic carbocycles. The summed E-state index contributed by atoms with van der Waals surface area (Å²) in [4.78, 5) is 2.53. The Bertz CT molecular complexity index is 319. The molecule has 0 atom stereocenters. The fourth-order valence-electron chi connectivity index (χ4n) is 2.10. The van der Waals surface area contributed by atoms with E-state index < -0.39 is 0 Å². The number of benzene rings is 1. The summed E-state index contributed by atoms with van der Waals surface area (Å²) in [6.07, 6.45) is 2.36. The summed E-state index contributed by atoms with van der Waals surface area (Å²) >= 11 is 5.97. The Morgan fingerprint density at radius 1 is 1.25 bits per heavy atom. The summed E-state index contributed by atoms with van der Waals surface area (Å²) in [6.45, 7) is 5.80. The summed E-state index contributed by atoms with van der Waals surface area (Å²) in [7, 11) is 0. The van der Waals surface area contributed by atoms with Gasteiger partial charge in [-0.25, -0.2) is 0 Å². The van der Waals surface area contributed by atoms with Crippen molar-refractivity contribution in [3.8, 4) is 0 Å². The van der Waals surface area contributed by atoms with Crippen LogP contribution in [0.2, 0.25) is 5.02 Å². The molecule has 0 aliphatic carbocycles. The van der Waals surface area contributed by atoms with Crippen molar-refractivity contribution in [3.63, 3.8) is 0 Å². The van der Waals surface area contributed by atoms with E-state index in [1.807, 2.05) is 12.1 Å². The smallest absolute Gasteiger partial charge is 0.0408 e. The number of nitrogens with zero attached hydrogens (tertiary/aromatic N) is 1. The van der Waals surface area contributed by atoms with E-state index in [1.165, 1.54) is 25.1 Å². The molecule has 88 valence electrons. The van der Waals surface area contributed by atoms with E-state index in [-0.39, 0.29) is 0 Å². The third-order valence-corrected chi connectivity index (χ3v) is 3.27. The van der Waals surface area contributed by atoms with E-state index in [1.54, 1.807) is 0 Å². The van der Waals surface area contributed by atoms with Crippen molar-refractivity contribution in [3.05, 3.63) is 34.9 Å². The zero-order valence-corrected chi connectivity index (χ0v) is 10.3. The standard InChI is InChI=1S/C13H19ClN2/c14-13-4-1-3-12(11-13)5-9-16-8-2-6-15-7-10-16/h1,3-4,11,15H,2,5-10H2. The topological polar surface area (TPSA) is 15.3 Å². The van der Waals surface area contributed by atoms with Crippen molar-refractivity contribution >= 4 is 11.6 Å². The minimum atomic E-state index is 0.843. The Balaban J connectivity index is 1.81. The second-order valence-corrected chi connectivity index (χ2v) is 4.76. The maximum Gasteiger partial charge on any atom is 0.0408 e. The van der Waals surface area contributed by atoms with Gasteiger partial charge in [0, 0.05) is 24.7 Å². The van der Waals surface area contributed by atoms with Gasteiger partial charge in [-0.15, -0.1) is 0 Å². The average Bonchev–Trinajstić information content (AvgIpc) is 2.55. The van der Waals surface area contributed by atoms with E-state index in [4.69, 9.17) is 11.6 Å². The maximum atomic E-state index is 5.97. The van der Waals surface area contributed by atoms with Gasteiger partial charge in [0.1, 0.15) is 0 Å². The molecule has 0 bridgehead atoms. The molecule has 0 spiro atoms. The van der Waals surface area contributed by atoms with Crippen LogP contribution in [0, 0.1) is 0 Å². The lowest BCUT2D eigenvalue weighted by Crippen LogP contribution is -2.30. The maximum absolute atomic E-state index is 5.97. The van der Waals surface area contributed by atoms with Gasteiger partial charge in [0.05, 0.1) is 0 Å². The van der Waals surface area contributed by atoms with Crippen molar-refractivity contribution in [1.82, 2.24) is 10.2 Å². The van der Waals surface area contributed by atoms with Crippen molar-refractivity contribution in [1.29, 1.82) is 0 Å². The molecule has 0 saturated carbocycles. The first-order chi connectivity index (χ1) is 7.84. The van der Waals surface area contributed by atoms with Crippen molar-refractivity contribution in [2.24, 2.45) is 0 Å². The molecule has 2 rings (SSSR count). The highest BCUT2D eigenvalue weighted by atomic mass is 35.5. The monoisotopic (exact) mass is 238 g/mol. The summed E-state index contributed by atoms with van der Waals surface area (Å²) in [6, 6.07) is 8.18. The van der Waals surface area contributed by atoms with Crippen LogP contribution >= 0.6 is 11.6 Å². The van der Waals surface area contributed by atoms with E-state index in [9.17, 15) is 0 Å². The third kappa shape index (κ3) is 3.78. The Morgan fingerprint density at radius 2 is 2.19 bits per heavy atom. The van der Waals surface area contributed by atoms with Gasteiger partial charge in [0.2, 0.25) is 0 Å². The first kappa shape index (κ1) is 11.9. The van der Waals surface area contributed by atoms with Gasteiger partial charge in [-0.1, -0.05) is 23.7 Å². The Hall–Kier alpha value is -0.570. The van der Waals surface area contributed by atoms with E-state index in [2.05, 4.69) is 22.3 Å². The summed E-state index contributed by atoms with van der Waals surface area (Å²) in [5.74, 6) is 0. The first-order valence-corrected chi connectivity index (χ1v) is 6.40. The highest BCUT2D eigenvalue weighted by Gasteiger charge is 2.07. The fraction of sp³-hybridized carbons (Fsp3) is 0.538. The minimum absolute atomic E-state index is 0.843. The quantitative estimate of drug-likeness (QED) is 0.869. The number of rotatable bonds is 3. The lowest BCUT2D eigenvalue weighted by Gasteiger charge is -2.19. The molecule has 0 radical (unpaired) electrons. The Morgan fingerprint density at radius 3 is 3.06 bits per heavy atom. The highest BCUT2D eigenvalue weighted by Crippen LogP contribution is 2.11. The molecule has 2 nitrogen and oxygen atoms in total. The molecule has 1 saturated heterocycles. The largest absolute Gasteiger partial charge is 0.315 e. The van der Waals surface area contributed by atoms with Crippen LogP contribution in [0.25, 0.3) is 0 Å². The zero-order valence-electron chi connectivity index (χ0n) is 9.58. The molecule has 0 amide bonds. The lowest BCUT2D eigenvalue weighted by atomic mass is 10.1. The van der Waals surface area contributed by atoms with Crippen LogP contribution in [-0.4, -0.2) is 37.6 Å². The van der Waals surface area contributed by atoms with Gasteiger partial charge in [-0.05, 0) is 43.6 Å². The second kappa shape index (κ2) is 6.24. The molecule has 1 fully saturated rings. The molecule has 1 N–H and O–H groups in total. The van der Waals surface area contributed by atoms with E-state index >= 15 is 0 Å². The summed E-state index contributed by atoms with van der Waals surface area (Å²) in [5.41, 5.74) is 1.34. The molecular weight excluding hydrogens is 220 g/mol. The van der Waals surface area contributed by atoms with Crippen molar-refractivity contribution < 1.29 is 0 Å². The highest BCUT2D eigenvalue weighted by molar-refractivity contribution is 6.30. The number of hydrogen-bond donors (Lipinski definition) is 1. The molecule has 0 unspecified atom stereocenters. The van der Waals surface area contributed by atoms with Gasteiger partial charge in [-0.3, -0.25) is 0 Å². The minimum Gasteiger partial charge on any atom is -0.315 e. The van der Waals surface area contributed by atoms with Crippen LogP contribution in [0.4, 0.5) is 0 Å². The number of nitrogens with one attached hydrogen (secondary N) is 1. The van der Waals surface area contributed by atoms with Gasteiger partial charge >= 0.3 is 0 Å². The summed E-state index contributed by atoms with van der Waals surface area (Å²) < 4.78 is 0. The molecule has 1 aliphatic heterocycles. The van der Waals surface area contributed by atoms with E-state index in [0.29, 0.717) is 0 Å². The molecule has 0 aromatic heterocycles. The Labute approximate surface area is 103 Å². The predicted octanol–water partition coefficient (Wildman–Crippen LogP) is 2.18. The van der Waals surface area contributed by atoms with E-state index in [0.717, 1.165) is 31.1 Å². The molecule has 1 aliphatic rings. The van der Waals surface area contributed by atoms with Crippen LogP contribution in [-0.2, 0) is 6.42 Å². The SMILES string of the molecule is Clc1cccc(CCN2CCCNCC2)c1. The molecule has 3 heteroatoms. The second-order valence-electron chi connectivity index (χ2n) is 4.33. The molecular formula is C13H19ClN2. The molecule has 16 heavy (non-hydrogen) atoms. The lowest BCUT2D eigenvalue weighted by molar-refractivity contribution is 0.296. The van der Waals surface area contributed by atoms with Gasteiger partial charge in [0.15, 0.2) is 0 Å². The van der Waals surface area contributed by atoms with Crippen molar-refractivity contribution in [2.45, 2.75) is 12.8 Å². The van der Waals surface area contributed by atoms with Crippen LogP contribution in [0.3, 0.4) is 0 Å². The summed E-state index contributed by atoms with van der Waals surface area (Å²) in [5, 5.41) is 4.26. The number of halogens is 1. The van der Waals surface area contributed by atoms with Crippen LogP contribution < -0.4 is 5.32 Å². The zero-order chi connectivity index (χ0) is 11.2. The third-order valence-electron chi connectivity index (χ3n) is 3.04. The number of hydrogen-bond acceptors (Lipinski definition) is 2. The molecule has 1 heterocycles. The fourth-order valence-corrected chi connectivity index (χ4v) is 2.32. The molecule has 1 aromatic rings.